The fraction of sp³-hybridized carbons (Fsp3) is 0.500. The van der Waals surface area contributed by atoms with Crippen LogP contribution in [0, 0.1) is 5.92 Å². The lowest BCUT2D eigenvalue weighted by Crippen LogP contribution is -2.21. The SMILES string of the molecule is CC1OCCC1CNc1ccc(S(N)(=O)=O)cc1N. The molecule has 6 nitrogen and oxygen atoms in total. The largest absolute Gasteiger partial charge is 0.397 e. The summed E-state index contributed by atoms with van der Waals surface area (Å²) in [7, 11) is -3.71. The van der Waals surface area contributed by atoms with Crippen molar-refractivity contribution < 1.29 is 13.2 Å². The van der Waals surface area contributed by atoms with E-state index < -0.39 is 10.0 Å². The highest BCUT2D eigenvalue weighted by Gasteiger charge is 2.23. The summed E-state index contributed by atoms with van der Waals surface area (Å²) in [5.41, 5.74) is 6.91. The van der Waals surface area contributed by atoms with Gasteiger partial charge in [-0.1, -0.05) is 0 Å². The van der Waals surface area contributed by atoms with E-state index in [0.29, 0.717) is 17.3 Å². The van der Waals surface area contributed by atoms with E-state index >= 15 is 0 Å². The lowest BCUT2D eigenvalue weighted by molar-refractivity contribution is 0.108. The van der Waals surface area contributed by atoms with Crippen LogP contribution in [0.2, 0.25) is 0 Å². The van der Waals surface area contributed by atoms with Gasteiger partial charge in [-0.3, -0.25) is 0 Å². The molecular weight excluding hydrogens is 266 g/mol. The van der Waals surface area contributed by atoms with Gasteiger partial charge in [0.05, 0.1) is 22.4 Å². The number of nitrogen functional groups attached to an aromatic ring is 1. The van der Waals surface area contributed by atoms with E-state index in [1.165, 1.54) is 12.1 Å². The van der Waals surface area contributed by atoms with Crippen molar-refractivity contribution >= 4 is 21.4 Å². The third kappa shape index (κ3) is 3.37. The maximum Gasteiger partial charge on any atom is 0.238 e. The average molecular weight is 285 g/mol. The Balaban J connectivity index is 2.05. The molecule has 1 aliphatic rings. The van der Waals surface area contributed by atoms with E-state index in [-0.39, 0.29) is 11.0 Å². The van der Waals surface area contributed by atoms with E-state index in [9.17, 15) is 8.42 Å². The Kier molecular flexibility index (Phi) is 3.98. The number of anilines is 2. The monoisotopic (exact) mass is 285 g/mol. The van der Waals surface area contributed by atoms with Crippen LogP contribution in [0.25, 0.3) is 0 Å². The fourth-order valence-electron chi connectivity index (χ4n) is 2.16. The summed E-state index contributed by atoms with van der Waals surface area (Å²) in [6.07, 6.45) is 1.25. The van der Waals surface area contributed by atoms with Crippen LogP contribution in [0.15, 0.2) is 23.1 Å². The van der Waals surface area contributed by atoms with E-state index in [1.54, 1.807) is 6.07 Å². The van der Waals surface area contributed by atoms with Gasteiger partial charge < -0.3 is 15.8 Å². The summed E-state index contributed by atoms with van der Waals surface area (Å²) >= 11 is 0. The van der Waals surface area contributed by atoms with Gasteiger partial charge in [-0.05, 0) is 31.5 Å². The first-order valence-electron chi connectivity index (χ1n) is 6.15. The van der Waals surface area contributed by atoms with Gasteiger partial charge in [0, 0.05) is 19.1 Å². The van der Waals surface area contributed by atoms with Crippen LogP contribution in [0.3, 0.4) is 0 Å². The number of hydrogen-bond donors (Lipinski definition) is 3. The lowest BCUT2D eigenvalue weighted by atomic mass is 10.0. The van der Waals surface area contributed by atoms with Gasteiger partial charge in [0.15, 0.2) is 0 Å². The number of primary sulfonamides is 1. The minimum atomic E-state index is -3.71. The van der Waals surface area contributed by atoms with Crippen molar-refractivity contribution in [2.24, 2.45) is 11.1 Å². The van der Waals surface area contributed by atoms with E-state index in [1.807, 2.05) is 6.92 Å². The molecule has 1 aliphatic heterocycles. The standard InChI is InChI=1S/C12H19N3O3S/c1-8-9(4-5-18-8)7-15-12-3-2-10(6-11(12)13)19(14,16)17/h2-3,6,8-9,15H,4-5,7,13H2,1H3,(H2,14,16,17). The minimum absolute atomic E-state index is 0.0214. The molecule has 0 aromatic heterocycles. The van der Waals surface area contributed by atoms with Crippen LogP contribution in [0.1, 0.15) is 13.3 Å². The van der Waals surface area contributed by atoms with Gasteiger partial charge in [0.2, 0.25) is 10.0 Å². The Morgan fingerprint density at radius 3 is 2.74 bits per heavy atom. The second-order valence-electron chi connectivity index (χ2n) is 4.80. The molecule has 1 saturated heterocycles. The second kappa shape index (κ2) is 5.36. The zero-order valence-corrected chi connectivity index (χ0v) is 11.6. The van der Waals surface area contributed by atoms with E-state index in [2.05, 4.69) is 5.32 Å². The van der Waals surface area contributed by atoms with Crippen molar-refractivity contribution in [1.29, 1.82) is 0 Å². The molecule has 0 saturated carbocycles. The first kappa shape index (κ1) is 14.1. The summed E-state index contributed by atoms with van der Waals surface area (Å²) in [4.78, 5) is 0.0214. The Hall–Kier alpha value is -1.31. The van der Waals surface area contributed by atoms with E-state index in [4.69, 9.17) is 15.6 Å². The normalized spacial score (nSPS) is 23.5. The molecule has 0 amide bonds. The molecule has 2 unspecified atom stereocenters. The number of benzene rings is 1. The molecule has 1 heterocycles. The van der Waals surface area contributed by atoms with Crippen molar-refractivity contribution in [3.8, 4) is 0 Å². The smallest absolute Gasteiger partial charge is 0.238 e. The van der Waals surface area contributed by atoms with Crippen LogP contribution < -0.4 is 16.2 Å². The van der Waals surface area contributed by atoms with Crippen LogP contribution in [-0.4, -0.2) is 27.7 Å². The topological polar surface area (TPSA) is 107 Å². The Labute approximate surface area is 113 Å². The summed E-state index contributed by atoms with van der Waals surface area (Å²) in [5.74, 6) is 0.442. The number of sulfonamides is 1. The Bertz CT molecular complexity index is 559. The molecule has 0 spiro atoms. The van der Waals surface area contributed by atoms with Gasteiger partial charge in [-0.15, -0.1) is 0 Å². The van der Waals surface area contributed by atoms with Gasteiger partial charge >= 0.3 is 0 Å². The molecule has 2 rings (SSSR count). The number of hydrogen-bond acceptors (Lipinski definition) is 5. The third-order valence-electron chi connectivity index (χ3n) is 3.44. The predicted octanol–water partition coefficient (Wildman–Crippen LogP) is 0.753. The van der Waals surface area contributed by atoms with Gasteiger partial charge in [0.25, 0.3) is 0 Å². The number of rotatable bonds is 4. The third-order valence-corrected chi connectivity index (χ3v) is 4.35. The molecule has 0 aliphatic carbocycles. The van der Waals surface area contributed by atoms with Crippen molar-refractivity contribution in [2.45, 2.75) is 24.3 Å². The Morgan fingerprint density at radius 1 is 1.47 bits per heavy atom. The summed E-state index contributed by atoms with van der Waals surface area (Å²) < 4.78 is 27.9. The highest BCUT2D eigenvalue weighted by molar-refractivity contribution is 7.89. The molecular formula is C12H19N3O3S. The highest BCUT2D eigenvalue weighted by Crippen LogP contribution is 2.25. The van der Waals surface area contributed by atoms with Gasteiger partial charge in [0.1, 0.15) is 0 Å². The van der Waals surface area contributed by atoms with Crippen LogP contribution >= 0.6 is 0 Å². The van der Waals surface area contributed by atoms with E-state index in [0.717, 1.165) is 19.6 Å². The van der Waals surface area contributed by atoms with Crippen molar-refractivity contribution in [2.75, 3.05) is 24.2 Å². The average Bonchev–Trinajstić information content (AvgIpc) is 2.72. The van der Waals surface area contributed by atoms with Crippen LogP contribution in [0.4, 0.5) is 11.4 Å². The van der Waals surface area contributed by atoms with Crippen LogP contribution in [0.5, 0.6) is 0 Å². The first-order valence-corrected chi connectivity index (χ1v) is 7.70. The maximum atomic E-state index is 11.2. The van der Waals surface area contributed by atoms with Crippen LogP contribution in [-0.2, 0) is 14.8 Å². The second-order valence-corrected chi connectivity index (χ2v) is 6.36. The minimum Gasteiger partial charge on any atom is -0.397 e. The lowest BCUT2D eigenvalue weighted by Gasteiger charge is -2.17. The molecule has 2 atom stereocenters. The maximum absolute atomic E-state index is 11.2. The fourth-order valence-corrected chi connectivity index (χ4v) is 2.71. The number of ether oxygens (including phenoxy) is 1. The van der Waals surface area contributed by atoms with Gasteiger partial charge in [-0.2, -0.15) is 0 Å². The number of nitrogens with two attached hydrogens (primary N) is 2. The first-order chi connectivity index (χ1) is 8.88. The molecule has 106 valence electrons. The molecule has 1 fully saturated rings. The highest BCUT2D eigenvalue weighted by atomic mass is 32.2. The molecule has 7 heteroatoms. The molecule has 0 radical (unpaired) electrons. The van der Waals surface area contributed by atoms with Crippen molar-refractivity contribution in [1.82, 2.24) is 0 Å². The number of nitrogens with one attached hydrogen (secondary N) is 1. The van der Waals surface area contributed by atoms with Crippen molar-refractivity contribution in [3.63, 3.8) is 0 Å². The zero-order chi connectivity index (χ0) is 14.0. The predicted molar refractivity (Wildman–Crippen MR) is 74.2 cm³/mol. The quantitative estimate of drug-likeness (QED) is 0.708. The van der Waals surface area contributed by atoms with Gasteiger partial charge in [-0.25, -0.2) is 13.6 Å². The zero-order valence-electron chi connectivity index (χ0n) is 10.8. The summed E-state index contributed by atoms with van der Waals surface area (Å²) in [6.45, 7) is 3.58. The summed E-state index contributed by atoms with van der Waals surface area (Å²) in [5, 5.41) is 8.27. The summed E-state index contributed by atoms with van der Waals surface area (Å²) in [6, 6.07) is 4.45. The Morgan fingerprint density at radius 2 is 2.21 bits per heavy atom. The molecule has 1 aromatic rings. The molecule has 19 heavy (non-hydrogen) atoms. The molecule has 5 N–H and O–H groups in total. The molecule has 0 bridgehead atoms. The molecule has 1 aromatic carbocycles. The van der Waals surface area contributed by atoms with Crippen molar-refractivity contribution in [3.05, 3.63) is 18.2 Å².